The molecular weight excluding hydrogens is 132 g/mol. The SMILES string of the molecule is CO[PH](=O)C(F)C#N. The second-order valence-electron chi connectivity index (χ2n) is 1.01. The summed E-state index contributed by atoms with van der Waals surface area (Å²) in [5.41, 5.74) is 0. The summed E-state index contributed by atoms with van der Waals surface area (Å²) in [6.45, 7) is 0. The van der Waals surface area contributed by atoms with Crippen LogP contribution < -0.4 is 0 Å². The van der Waals surface area contributed by atoms with Crippen molar-refractivity contribution in [3.63, 3.8) is 0 Å². The molecule has 3 nitrogen and oxygen atoms in total. The molecule has 0 fully saturated rings. The maximum Gasteiger partial charge on any atom is 0.258 e. The molecule has 0 radical (unpaired) electrons. The highest BCUT2D eigenvalue weighted by Crippen LogP contribution is 2.27. The minimum absolute atomic E-state index is 1.10. The molecule has 0 aromatic rings. The summed E-state index contributed by atoms with van der Waals surface area (Å²) < 4.78 is 25.9. The van der Waals surface area contributed by atoms with Crippen molar-refractivity contribution in [3.8, 4) is 6.07 Å². The first-order valence-corrected chi connectivity index (χ1v) is 3.23. The molecule has 2 unspecified atom stereocenters. The van der Waals surface area contributed by atoms with Gasteiger partial charge in [-0.05, 0) is 0 Å². The van der Waals surface area contributed by atoms with E-state index in [0.29, 0.717) is 0 Å². The number of rotatable bonds is 2. The van der Waals surface area contributed by atoms with E-state index in [4.69, 9.17) is 5.26 Å². The van der Waals surface area contributed by atoms with Crippen LogP contribution >= 0.6 is 8.03 Å². The summed E-state index contributed by atoms with van der Waals surface area (Å²) in [5.74, 6) is -1.95. The molecule has 5 heteroatoms. The van der Waals surface area contributed by atoms with Crippen LogP contribution in [0.3, 0.4) is 0 Å². The highest BCUT2D eigenvalue weighted by Gasteiger charge is 2.11. The molecule has 2 atom stereocenters. The van der Waals surface area contributed by atoms with Gasteiger partial charge in [-0.3, -0.25) is 4.57 Å². The maximum atomic E-state index is 11.8. The third-order valence-electron chi connectivity index (χ3n) is 0.521. The molecule has 0 aliphatic carbocycles. The second-order valence-corrected chi connectivity index (χ2v) is 2.57. The van der Waals surface area contributed by atoms with Crippen LogP contribution in [0.15, 0.2) is 0 Å². The molecule has 0 spiro atoms. The van der Waals surface area contributed by atoms with Crippen LogP contribution in [-0.2, 0) is 9.09 Å². The lowest BCUT2D eigenvalue weighted by molar-refractivity contribution is 0.376. The summed E-state index contributed by atoms with van der Waals surface area (Å²) in [7, 11) is -1.63. The van der Waals surface area contributed by atoms with Crippen LogP contribution in [0.1, 0.15) is 0 Å². The lowest BCUT2D eigenvalue weighted by Gasteiger charge is -1.93. The zero-order valence-electron chi connectivity index (χ0n) is 4.22. The average Bonchev–Trinajstić information content (AvgIpc) is 1.84. The van der Waals surface area contributed by atoms with Gasteiger partial charge in [0, 0.05) is 7.11 Å². The molecular formula is C3H5FNO2P. The third-order valence-corrected chi connectivity index (χ3v) is 1.47. The third kappa shape index (κ3) is 2.06. The van der Waals surface area contributed by atoms with E-state index in [2.05, 4.69) is 4.52 Å². The summed E-state index contributed by atoms with van der Waals surface area (Å²) in [4.78, 5) is 0. The van der Waals surface area contributed by atoms with Gasteiger partial charge in [0.2, 0.25) is 8.03 Å². The monoisotopic (exact) mass is 137 g/mol. The average molecular weight is 137 g/mol. The predicted molar refractivity (Wildman–Crippen MR) is 26.5 cm³/mol. The molecule has 0 aromatic carbocycles. The Morgan fingerprint density at radius 1 is 2.00 bits per heavy atom. The summed E-state index contributed by atoms with van der Waals surface area (Å²) >= 11 is 0. The van der Waals surface area contributed by atoms with E-state index < -0.39 is 13.9 Å². The highest BCUT2D eigenvalue weighted by molar-refractivity contribution is 7.40. The van der Waals surface area contributed by atoms with Crippen molar-refractivity contribution in [2.24, 2.45) is 0 Å². The highest BCUT2D eigenvalue weighted by atomic mass is 31.1. The fourth-order valence-corrected chi connectivity index (χ4v) is 0.469. The Hall–Kier alpha value is -0.390. The number of nitrogens with zero attached hydrogens (tertiary/aromatic N) is 1. The first-order chi connectivity index (χ1) is 3.72. The van der Waals surface area contributed by atoms with Gasteiger partial charge in [-0.25, -0.2) is 4.39 Å². The van der Waals surface area contributed by atoms with Gasteiger partial charge in [-0.1, -0.05) is 0 Å². The van der Waals surface area contributed by atoms with Gasteiger partial charge in [0.05, 0.1) is 0 Å². The van der Waals surface area contributed by atoms with Gasteiger partial charge in [0.1, 0.15) is 6.07 Å². The van der Waals surface area contributed by atoms with E-state index in [9.17, 15) is 8.96 Å². The van der Waals surface area contributed by atoms with E-state index in [-0.39, 0.29) is 0 Å². The van der Waals surface area contributed by atoms with Crippen molar-refractivity contribution in [2.45, 2.75) is 5.91 Å². The zero-order chi connectivity index (χ0) is 6.57. The van der Waals surface area contributed by atoms with Crippen LogP contribution in [0, 0.1) is 11.3 Å². The Bertz CT molecular complexity index is 132. The summed E-state index contributed by atoms with van der Waals surface area (Å²) in [6, 6.07) is 1.16. The van der Waals surface area contributed by atoms with Gasteiger partial charge >= 0.3 is 0 Å². The fraction of sp³-hybridized carbons (Fsp3) is 0.667. The lowest BCUT2D eigenvalue weighted by atomic mass is 10.9. The molecule has 8 heavy (non-hydrogen) atoms. The second kappa shape index (κ2) is 3.59. The normalized spacial score (nSPS) is 16.6. The van der Waals surface area contributed by atoms with Crippen molar-refractivity contribution in [1.29, 1.82) is 5.26 Å². The molecule has 0 saturated carbocycles. The zero-order valence-corrected chi connectivity index (χ0v) is 5.22. The number of halogens is 1. The molecule has 0 aliphatic rings. The van der Waals surface area contributed by atoms with Gasteiger partial charge in [0.15, 0.2) is 0 Å². The molecule has 0 amide bonds. The van der Waals surface area contributed by atoms with Gasteiger partial charge in [-0.15, -0.1) is 0 Å². The van der Waals surface area contributed by atoms with Crippen LogP contribution in [0.4, 0.5) is 4.39 Å². The largest absolute Gasteiger partial charge is 0.331 e. The van der Waals surface area contributed by atoms with Crippen molar-refractivity contribution < 1.29 is 13.5 Å². The Morgan fingerprint density at radius 2 is 2.50 bits per heavy atom. The molecule has 46 valence electrons. The Morgan fingerprint density at radius 3 is 2.62 bits per heavy atom. The lowest BCUT2D eigenvalue weighted by Crippen LogP contribution is -1.86. The van der Waals surface area contributed by atoms with Gasteiger partial charge < -0.3 is 4.52 Å². The fourth-order valence-electron chi connectivity index (χ4n) is 0.156. The molecule has 0 aromatic heterocycles. The van der Waals surface area contributed by atoms with Crippen molar-refractivity contribution in [2.75, 3.05) is 7.11 Å². The molecule has 0 N–H and O–H groups in total. The van der Waals surface area contributed by atoms with Crippen LogP contribution in [0.25, 0.3) is 0 Å². The molecule has 0 saturated heterocycles. The van der Waals surface area contributed by atoms with E-state index in [1.165, 1.54) is 0 Å². The number of nitriles is 1. The predicted octanol–water partition coefficient (Wildman–Crippen LogP) is 0.927. The standard InChI is InChI=1S/C3H5FNO2P/c1-7-8(6)3(4)2-5/h3,8H,1H3. The topological polar surface area (TPSA) is 50.1 Å². The quantitative estimate of drug-likeness (QED) is 0.532. The Kier molecular flexibility index (Phi) is 3.42. The van der Waals surface area contributed by atoms with Crippen molar-refractivity contribution >= 4 is 8.03 Å². The van der Waals surface area contributed by atoms with Crippen LogP contribution in [0.2, 0.25) is 0 Å². The Balaban J connectivity index is 3.68. The van der Waals surface area contributed by atoms with E-state index in [1.807, 2.05) is 0 Å². The maximum absolute atomic E-state index is 11.8. The molecule has 0 bridgehead atoms. The minimum Gasteiger partial charge on any atom is -0.331 e. The Labute approximate surface area is 46.9 Å². The van der Waals surface area contributed by atoms with Gasteiger partial charge in [-0.2, -0.15) is 5.26 Å². The summed E-state index contributed by atoms with van der Waals surface area (Å²) in [6.07, 6.45) is 0. The smallest absolute Gasteiger partial charge is 0.258 e. The van der Waals surface area contributed by atoms with Crippen LogP contribution in [0.5, 0.6) is 0 Å². The van der Waals surface area contributed by atoms with Gasteiger partial charge in [0.25, 0.3) is 5.91 Å². The van der Waals surface area contributed by atoms with Crippen molar-refractivity contribution in [3.05, 3.63) is 0 Å². The van der Waals surface area contributed by atoms with Crippen molar-refractivity contribution in [1.82, 2.24) is 0 Å². The summed E-state index contributed by atoms with van der Waals surface area (Å²) in [5, 5.41) is 7.76. The number of hydrogen-bond donors (Lipinski definition) is 0. The first-order valence-electron chi connectivity index (χ1n) is 1.84. The molecule has 0 heterocycles. The number of alkyl halides is 1. The van der Waals surface area contributed by atoms with Crippen LogP contribution in [-0.4, -0.2) is 13.0 Å². The molecule has 0 aliphatic heterocycles. The minimum atomic E-state index is -2.74. The number of hydrogen-bond acceptors (Lipinski definition) is 3. The van der Waals surface area contributed by atoms with E-state index in [1.54, 1.807) is 0 Å². The first kappa shape index (κ1) is 7.61. The molecule has 0 rings (SSSR count). The van der Waals surface area contributed by atoms with E-state index >= 15 is 0 Å². The van der Waals surface area contributed by atoms with E-state index in [0.717, 1.165) is 13.2 Å².